The number of hydrogen-bond donors (Lipinski definition) is 1. The number of ether oxygens (including phenoxy) is 1. The first-order valence-electron chi connectivity index (χ1n) is 6.14. The first-order chi connectivity index (χ1) is 10.5. The predicted molar refractivity (Wildman–Crippen MR) is 90.5 cm³/mol. The van der Waals surface area contributed by atoms with Crippen molar-refractivity contribution in [3.8, 4) is 0 Å². The van der Waals surface area contributed by atoms with Gasteiger partial charge in [-0.1, -0.05) is 53.0 Å². The molecule has 0 aliphatic rings. The third-order valence-corrected chi connectivity index (χ3v) is 3.57. The number of rotatable bonds is 4. The van der Waals surface area contributed by atoms with Crippen molar-refractivity contribution in [2.45, 2.75) is 0 Å². The van der Waals surface area contributed by atoms with Crippen LogP contribution in [-0.2, 0) is 4.74 Å². The van der Waals surface area contributed by atoms with Gasteiger partial charge in [0.1, 0.15) is 0 Å². The molecule has 114 valence electrons. The van der Waals surface area contributed by atoms with Gasteiger partial charge in [0.25, 0.3) is 0 Å². The van der Waals surface area contributed by atoms with Gasteiger partial charge in [0, 0.05) is 10.6 Å². The summed E-state index contributed by atoms with van der Waals surface area (Å²) in [6.45, 7) is 0. The summed E-state index contributed by atoms with van der Waals surface area (Å²) in [7, 11) is 1.32. The molecule has 0 amide bonds. The van der Waals surface area contributed by atoms with Gasteiger partial charge in [-0.25, -0.2) is 4.79 Å². The van der Waals surface area contributed by atoms with Crippen molar-refractivity contribution >= 4 is 52.7 Å². The Morgan fingerprint density at radius 1 is 1.18 bits per heavy atom. The Bertz CT molecular complexity index is 709. The van der Waals surface area contributed by atoms with E-state index in [-0.39, 0.29) is 0 Å². The number of halogens is 3. The lowest BCUT2D eigenvalue weighted by molar-refractivity contribution is 0.0600. The molecule has 1 N–H and O–H groups in total. The maximum atomic E-state index is 11.7. The van der Waals surface area contributed by atoms with Gasteiger partial charge in [-0.2, -0.15) is 5.10 Å². The van der Waals surface area contributed by atoms with Crippen molar-refractivity contribution in [3.63, 3.8) is 0 Å². The Morgan fingerprint density at radius 2 is 1.82 bits per heavy atom. The summed E-state index contributed by atoms with van der Waals surface area (Å²) in [6.07, 6.45) is 1.48. The third kappa shape index (κ3) is 3.91. The van der Waals surface area contributed by atoms with Gasteiger partial charge >= 0.3 is 5.97 Å². The topological polar surface area (TPSA) is 50.7 Å². The van der Waals surface area contributed by atoms with Crippen molar-refractivity contribution in [2.24, 2.45) is 5.10 Å². The molecular formula is C15H11Cl3N2O2. The van der Waals surface area contributed by atoms with Crippen LogP contribution in [0.4, 0.5) is 5.69 Å². The molecule has 0 spiro atoms. The van der Waals surface area contributed by atoms with E-state index < -0.39 is 5.97 Å². The van der Waals surface area contributed by atoms with E-state index >= 15 is 0 Å². The molecule has 2 rings (SSSR count). The fraction of sp³-hybridized carbons (Fsp3) is 0.0667. The van der Waals surface area contributed by atoms with E-state index in [1.54, 1.807) is 36.4 Å². The molecule has 0 unspecified atom stereocenters. The second kappa shape index (κ2) is 7.49. The average molecular weight is 358 g/mol. The monoisotopic (exact) mass is 356 g/mol. The lowest BCUT2D eigenvalue weighted by Gasteiger charge is -2.07. The summed E-state index contributed by atoms with van der Waals surface area (Å²) in [4.78, 5) is 11.7. The third-order valence-electron chi connectivity index (χ3n) is 2.75. The van der Waals surface area contributed by atoms with Gasteiger partial charge in [-0.3, -0.25) is 5.43 Å². The molecule has 22 heavy (non-hydrogen) atoms. The summed E-state index contributed by atoms with van der Waals surface area (Å²) in [5.41, 5.74) is 4.17. The maximum Gasteiger partial charge on any atom is 0.338 e. The van der Waals surface area contributed by atoms with Gasteiger partial charge < -0.3 is 4.74 Å². The molecule has 0 atom stereocenters. The number of carbonyl (C=O) groups excluding carboxylic acids is 1. The molecule has 0 aromatic heterocycles. The van der Waals surface area contributed by atoms with E-state index in [1.165, 1.54) is 13.3 Å². The number of nitrogens with zero attached hydrogens (tertiary/aromatic N) is 1. The van der Waals surface area contributed by atoms with Crippen molar-refractivity contribution < 1.29 is 9.53 Å². The Kier molecular flexibility index (Phi) is 5.66. The standard InChI is InChI=1S/C15H11Cl3N2O2/c1-22-15(21)11-5-3-2-4-9(11)8-19-20-14-12(17)6-10(16)7-13(14)18/h2-8,20H,1H3/b19-8-. The number of nitrogens with one attached hydrogen (secondary N) is 1. The summed E-state index contributed by atoms with van der Waals surface area (Å²) in [5, 5.41) is 5.16. The fourth-order valence-electron chi connectivity index (χ4n) is 1.72. The van der Waals surface area contributed by atoms with Crippen molar-refractivity contribution in [3.05, 3.63) is 62.6 Å². The summed E-state index contributed by atoms with van der Waals surface area (Å²) < 4.78 is 4.72. The lowest BCUT2D eigenvalue weighted by atomic mass is 10.1. The maximum absolute atomic E-state index is 11.7. The minimum absolute atomic E-state index is 0.343. The van der Waals surface area contributed by atoms with Crippen molar-refractivity contribution in [1.82, 2.24) is 0 Å². The van der Waals surface area contributed by atoms with Crippen LogP contribution in [0, 0.1) is 0 Å². The molecule has 2 aromatic rings. The van der Waals surface area contributed by atoms with Gasteiger partial charge in [-0.15, -0.1) is 0 Å². The summed E-state index contributed by atoms with van der Waals surface area (Å²) >= 11 is 17.9. The minimum Gasteiger partial charge on any atom is -0.465 e. The minimum atomic E-state index is -0.440. The zero-order valence-electron chi connectivity index (χ0n) is 11.4. The number of esters is 1. The van der Waals surface area contributed by atoms with Gasteiger partial charge in [0.15, 0.2) is 0 Å². The van der Waals surface area contributed by atoms with Crippen LogP contribution in [0.15, 0.2) is 41.5 Å². The van der Waals surface area contributed by atoms with E-state index in [1.807, 2.05) is 0 Å². The average Bonchev–Trinajstić information content (AvgIpc) is 2.49. The lowest BCUT2D eigenvalue weighted by Crippen LogP contribution is -2.05. The van der Waals surface area contributed by atoms with Crippen LogP contribution >= 0.6 is 34.8 Å². The molecule has 7 heteroatoms. The van der Waals surface area contributed by atoms with Gasteiger partial charge in [0.05, 0.1) is 34.6 Å². The van der Waals surface area contributed by atoms with Crippen LogP contribution in [0.3, 0.4) is 0 Å². The van der Waals surface area contributed by atoms with E-state index in [9.17, 15) is 4.79 Å². The SMILES string of the molecule is COC(=O)c1ccccc1/C=N\Nc1c(Cl)cc(Cl)cc1Cl. The van der Waals surface area contributed by atoms with Crippen LogP contribution in [0.25, 0.3) is 0 Å². The Balaban J connectivity index is 2.23. The second-order valence-corrected chi connectivity index (χ2v) is 5.44. The number of hydrogen-bond acceptors (Lipinski definition) is 4. The molecule has 0 radical (unpaired) electrons. The normalized spacial score (nSPS) is 10.7. The first-order valence-corrected chi connectivity index (χ1v) is 7.27. The van der Waals surface area contributed by atoms with Crippen molar-refractivity contribution in [1.29, 1.82) is 0 Å². The van der Waals surface area contributed by atoms with E-state index in [2.05, 4.69) is 10.5 Å². The smallest absolute Gasteiger partial charge is 0.338 e. The molecule has 0 saturated heterocycles. The highest BCUT2D eigenvalue weighted by molar-refractivity contribution is 6.41. The Hall–Kier alpha value is -1.75. The number of hydrazone groups is 1. The second-order valence-electron chi connectivity index (χ2n) is 4.19. The molecule has 0 aliphatic heterocycles. The van der Waals surface area contributed by atoms with Crippen LogP contribution in [0.2, 0.25) is 15.1 Å². The summed E-state index contributed by atoms with van der Waals surface area (Å²) in [5.74, 6) is -0.440. The zero-order valence-corrected chi connectivity index (χ0v) is 13.7. The number of methoxy groups -OCH3 is 1. The molecule has 0 saturated carbocycles. The largest absolute Gasteiger partial charge is 0.465 e. The van der Waals surface area contributed by atoms with E-state index in [0.717, 1.165) is 0 Å². The number of benzene rings is 2. The summed E-state index contributed by atoms with van der Waals surface area (Å²) in [6, 6.07) is 10.0. The van der Waals surface area contributed by atoms with E-state index in [0.29, 0.717) is 31.9 Å². The molecule has 4 nitrogen and oxygen atoms in total. The van der Waals surface area contributed by atoms with Crippen LogP contribution in [-0.4, -0.2) is 19.3 Å². The fourth-order valence-corrected chi connectivity index (χ4v) is 2.62. The highest BCUT2D eigenvalue weighted by Gasteiger charge is 2.10. The molecular weight excluding hydrogens is 347 g/mol. The highest BCUT2D eigenvalue weighted by atomic mass is 35.5. The molecule has 0 bridgehead atoms. The van der Waals surface area contributed by atoms with E-state index in [4.69, 9.17) is 39.5 Å². The first kappa shape index (κ1) is 16.6. The van der Waals surface area contributed by atoms with Crippen LogP contribution in [0.5, 0.6) is 0 Å². The molecule has 0 aliphatic carbocycles. The van der Waals surface area contributed by atoms with Crippen LogP contribution < -0.4 is 5.43 Å². The van der Waals surface area contributed by atoms with Gasteiger partial charge in [0.2, 0.25) is 0 Å². The number of anilines is 1. The van der Waals surface area contributed by atoms with Crippen LogP contribution in [0.1, 0.15) is 15.9 Å². The zero-order chi connectivity index (χ0) is 16.1. The molecule has 2 aromatic carbocycles. The Labute approximate surface area is 142 Å². The molecule has 0 heterocycles. The molecule has 0 fully saturated rings. The van der Waals surface area contributed by atoms with Crippen molar-refractivity contribution in [2.75, 3.05) is 12.5 Å². The quantitative estimate of drug-likeness (QED) is 0.482. The van der Waals surface area contributed by atoms with Gasteiger partial charge in [-0.05, 0) is 18.2 Å². The predicted octanol–water partition coefficient (Wildman–Crippen LogP) is 4.88. The highest BCUT2D eigenvalue weighted by Crippen LogP contribution is 2.33. The number of carbonyl (C=O) groups is 1. The Morgan fingerprint density at radius 3 is 2.45 bits per heavy atom.